The quantitative estimate of drug-likeness (QED) is 0.270. The molecule has 2 N–H and O–H groups in total. The topological polar surface area (TPSA) is 102 Å². The Morgan fingerprint density at radius 3 is 2.84 bits per heavy atom. The summed E-state index contributed by atoms with van der Waals surface area (Å²) < 4.78 is 2.87. The Bertz CT molecular complexity index is 1210. The van der Waals surface area contributed by atoms with Crippen LogP contribution in [-0.2, 0) is 11.3 Å². The summed E-state index contributed by atoms with van der Waals surface area (Å²) in [6.07, 6.45) is 1.73. The molecule has 3 heterocycles. The van der Waals surface area contributed by atoms with Gasteiger partial charge in [0.2, 0.25) is 5.91 Å². The van der Waals surface area contributed by atoms with Crippen molar-refractivity contribution < 1.29 is 9.59 Å². The SMILES string of the molecule is C=CCn1c(SCC(=O)Nc2nc3ccccc3s2)nnc1C(C)NC(=O)c1cccs1. The minimum absolute atomic E-state index is 0.154. The van der Waals surface area contributed by atoms with Crippen LogP contribution >= 0.6 is 34.4 Å². The van der Waals surface area contributed by atoms with Crippen LogP contribution in [0.25, 0.3) is 10.2 Å². The third-order valence-electron chi connectivity index (χ3n) is 4.41. The average Bonchev–Trinajstić information content (AvgIpc) is 3.52. The van der Waals surface area contributed by atoms with Gasteiger partial charge in [-0.15, -0.1) is 28.1 Å². The van der Waals surface area contributed by atoms with E-state index in [1.165, 1.54) is 34.4 Å². The zero-order chi connectivity index (χ0) is 22.5. The van der Waals surface area contributed by atoms with Crippen molar-refractivity contribution in [2.45, 2.75) is 24.7 Å². The summed E-state index contributed by atoms with van der Waals surface area (Å²) in [7, 11) is 0. The first-order chi connectivity index (χ1) is 15.5. The maximum absolute atomic E-state index is 12.5. The molecule has 3 aromatic heterocycles. The highest BCUT2D eigenvalue weighted by molar-refractivity contribution is 7.99. The number of amides is 2. The molecule has 164 valence electrons. The van der Waals surface area contributed by atoms with Crippen LogP contribution in [0.2, 0.25) is 0 Å². The molecule has 4 rings (SSSR count). The number of hydrogen-bond donors (Lipinski definition) is 2. The fraction of sp³-hybridized carbons (Fsp3) is 0.190. The van der Waals surface area contributed by atoms with Gasteiger partial charge in [0.25, 0.3) is 5.91 Å². The number of fused-ring (bicyclic) bond motifs is 1. The molecule has 32 heavy (non-hydrogen) atoms. The van der Waals surface area contributed by atoms with Crippen molar-refractivity contribution >= 4 is 61.6 Å². The van der Waals surface area contributed by atoms with Gasteiger partial charge >= 0.3 is 0 Å². The maximum atomic E-state index is 12.5. The summed E-state index contributed by atoms with van der Waals surface area (Å²) in [5.74, 6) is 0.415. The summed E-state index contributed by atoms with van der Waals surface area (Å²) in [4.78, 5) is 29.9. The normalized spacial score (nSPS) is 11.9. The summed E-state index contributed by atoms with van der Waals surface area (Å²) in [6, 6.07) is 11.0. The van der Waals surface area contributed by atoms with Gasteiger partial charge in [0.15, 0.2) is 16.1 Å². The Morgan fingerprint density at radius 1 is 1.25 bits per heavy atom. The molecule has 1 atom stereocenters. The second kappa shape index (κ2) is 10.1. The molecule has 0 spiro atoms. The van der Waals surface area contributed by atoms with Crippen molar-refractivity contribution in [1.82, 2.24) is 25.1 Å². The number of thiazole rings is 1. The van der Waals surface area contributed by atoms with Crippen molar-refractivity contribution in [3.8, 4) is 0 Å². The van der Waals surface area contributed by atoms with E-state index in [-0.39, 0.29) is 23.6 Å². The van der Waals surface area contributed by atoms with E-state index < -0.39 is 0 Å². The molecule has 0 radical (unpaired) electrons. The molecule has 0 aliphatic heterocycles. The number of carbonyl (C=O) groups is 2. The fourth-order valence-corrected chi connectivity index (χ4v) is 5.24. The van der Waals surface area contributed by atoms with Crippen LogP contribution < -0.4 is 10.6 Å². The van der Waals surface area contributed by atoms with Crippen molar-refractivity contribution in [3.05, 3.63) is 65.1 Å². The number of carbonyl (C=O) groups excluding carboxylic acids is 2. The molecule has 0 bridgehead atoms. The molecule has 11 heteroatoms. The second-order valence-corrected chi connectivity index (χ2v) is 9.66. The number of benzene rings is 1. The van der Waals surface area contributed by atoms with Crippen LogP contribution in [-0.4, -0.2) is 37.3 Å². The van der Waals surface area contributed by atoms with Gasteiger partial charge in [0.1, 0.15) is 0 Å². The number of rotatable bonds is 9. The van der Waals surface area contributed by atoms with Crippen molar-refractivity contribution in [2.75, 3.05) is 11.1 Å². The number of nitrogens with zero attached hydrogens (tertiary/aromatic N) is 4. The molecule has 4 aromatic rings. The summed E-state index contributed by atoms with van der Waals surface area (Å²) in [5.41, 5.74) is 0.856. The van der Waals surface area contributed by atoms with E-state index in [4.69, 9.17) is 0 Å². The minimum atomic E-state index is -0.358. The van der Waals surface area contributed by atoms with Crippen molar-refractivity contribution in [1.29, 1.82) is 0 Å². The number of para-hydroxylation sites is 1. The molecular weight excluding hydrogens is 464 g/mol. The van der Waals surface area contributed by atoms with Gasteiger partial charge < -0.3 is 15.2 Å². The van der Waals surface area contributed by atoms with E-state index in [0.717, 1.165) is 10.2 Å². The highest BCUT2D eigenvalue weighted by Gasteiger charge is 2.21. The standard InChI is InChI=1S/C21H20N6O2S3/c1-3-10-27-18(13(2)22-19(29)16-9-6-11-30-16)25-26-21(27)31-12-17(28)24-20-23-14-7-4-5-8-15(14)32-20/h3-9,11,13H,1,10,12H2,2H3,(H,22,29)(H,23,24,28). The minimum Gasteiger partial charge on any atom is -0.342 e. The van der Waals surface area contributed by atoms with Crippen LogP contribution in [0.15, 0.2) is 59.6 Å². The monoisotopic (exact) mass is 484 g/mol. The van der Waals surface area contributed by atoms with E-state index >= 15 is 0 Å². The van der Waals surface area contributed by atoms with Crippen LogP contribution in [0.4, 0.5) is 5.13 Å². The molecule has 0 aliphatic carbocycles. The van der Waals surface area contributed by atoms with Gasteiger partial charge in [-0.3, -0.25) is 9.59 Å². The van der Waals surface area contributed by atoms with Crippen molar-refractivity contribution in [3.63, 3.8) is 0 Å². The smallest absolute Gasteiger partial charge is 0.261 e. The second-order valence-electron chi connectivity index (χ2n) is 6.74. The largest absolute Gasteiger partial charge is 0.342 e. The van der Waals surface area contributed by atoms with E-state index in [1.54, 1.807) is 12.1 Å². The number of aromatic nitrogens is 4. The molecule has 8 nitrogen and oxygen atoms in total. The molecule has 0 aliphatic rings. The van der Waals surface area contributed by atoms with Crippen LogP contribution in [0.5, 0.6) is 0 Å². The first-order valence-corrected chi connectivity index (χ1v) is 12.4. The van der Waals surface area contributed by atoms with E-state index in [1.807, 2.05) is 47.2 Å². The Labute approximate surface area is 196 Å². The third kappa shape index (κ3) is 5.06. The van der Waals surface area contributed by atoms with E-state index in [9.17, 15) is 9.59 Å². The number of nitrogens with one attached hydrogen (secondary N) is 2. The summed E-state index contributed by atoms with van der Waals surface area (Å²) in [6.45, 7) is 6.11. The number of allylic oxidation sites excluding steroid dienone is 1. The number of anilines is 1. The van der Waals surface area contributed by atoms with Crippen LogP contribution in [0.1, 0.15) is 28.5 Å². The molecule has 0 saturated carbocycles. The highest BCUT2D eigenvalue weighted by atomic mass is 32.2. The molecule has 1 unspecified atom stereocenters. The first kappa shape index (κ1) is 22.2. The zero-order valence-corrected chi connectivity index (χ0v) is 19.6. The van der Waals surface area contributed by atoms with Gasteiger partial charge in [0.05, 0.1) is 26.9 Å². The van der Waals surface area contributed by atoms with Crippen molar-refractivity contribution in [2.24, 2.45) is 0 Å². The van der Waals surface area contributed by atoms with Gasteiger partial charge in [0, 0.05) is 6.54 Å². The maximum Gasteiger partial charge on any atom is 0.261 e. The predicted octanol–water partition coefficient (Wildman–Crippen LogP) is 4.36. The summed E-state index contributed by atoms with van der Waals surface area (Å²) in [5, 5.41) is 17.3. The zero-order valence-electron chi connectivity index (χ0n) is 17.1. The molecule has 0 saturated heterocycles. The van der Waals surface area contributed by atoms with E-state index in [0.29, 0.717) is 27.5 Å². The van der Waals surface area contributed by atoms with Gasteiger partial charge in [-0.1, -0.05) is 47.4 Å². The van der Waals surface area contributed by atoms with Crippen LogP contribution in [0.3, 0.4) is 0 Å². The Kier molecular flexibility index (Phi) is 6.98. The average molecular weight is 485 g/mol. The van der Waals surface area contributed by atoms with Gasteiger partial charge in [-0.2, -0.15) is 0 Å². The number of thiophene rings is 1. The lowest BCUT2D eigenvalue weighted by atomic mass is 10.3. The lowest BCUT2D eigenvalue weighted by molar-refractivity contribution is -0.113. The number of hydrogen-bond acceptors (Lipinski definition) is 8. The lowest BCUT2D eigenvalue weighted by Gasteiger charge is -2.14. The first-order valence-electron chi connectivity index (χ1n) is 9.71. The van der Waals surface area contributed by atoms with E-state index in [2.05, 4.69) is 32.4 Å². The lowest BCUT2D eigenvalue weighted by Crippen LogP contribution is -2.28. The van der Waals surface area contributed by atoms with Gasteiger partial charge in [-0.05, 0) is 30.5 Å². The molecule has 2 amide bonds. The Balaban J connectivity index is 1.40. The Hall–Kier alpha value is -3.02. The molecule has 1 aromatic carbocycles. The van der Waals surface area contributed by atoms with Gasteiger partial charge in [-0.25, -0.2) is 4.98 Å². The molecule has 0 fully saturated rings. The summed E-state index contributed by atoms with van der Waals surface area (Å²) >= 11 is 4.08. The highest BCUT2D eigenvalue weighted by Crippen LogP contribution is 2.26. The Morgan fingerprint density at radius 2 is 2.09 bits per heavy atom. The van der Waals surface area contributed by atoms with Crippen LogP contribution in [0, 0.1) is 0 Å². The number of thioether (sulfide) groups is 1. The molecular formula is C21H20N6O2S3. The predicted molar refractivity (Wildman–Crippen MR) is 129 cm³/mol. The fourth-order valence-electron chi connectivity index (χ4n) is 2.98. The third-order valence-corrected chi connectivity index (χ3v) is 7.20.